The van der Waals surface area contributed by atoms with Crippen LogP contribution in [0.2, 0.25) is 18.1 Å². The van der Waals surface area contributed by atoms with Crippen LogP contribution >= 0.6 is 0 Å². The van der Waals surface area contributed by atoms with Crippen LogP contribution in [0.1, 0.15) is 118 Å². The van der Waals surface area contributed by atoms with E-state index >= 15 is 0 Å². The maximum absolute atomic E-state index is 6.09. The third kappa shape index (κ3) is 35.7. The van der Waals surface area contributed by atoms with Crippen molar-refractivity contribution >= 4 is 8.32 Å². The molecular weight excluding hydrogens is 628 g/mol. The normalized spacial score (nSPS) is 12.4. The molecule has 0 bridgehead atoms. The summed E-state index contributed by atoms with van der Waals surface area (Å²) in [6.45, 7) is 23.5. The summed E-state index contributed by atoms with van der Waals surface area (Å²) >= 11 is 0. The fraction of sp³-hybridized carbons (Fsp3) is 1.00. The molecule has 0 rings (SSSR count). The summed E-state index contributed by atoms with van der Waals surface area (Å²) in [7, 11) is -1.69. The first-order valence-corrected chi connectivity index (χ1v) is 22.5. The van der Waals surface area contributed by atoms with E-state index in [0.717, 1.165) is 13.0 Å². The Morgan fingerprint density at radius 2 is 0.542 bits per heavy atom. The molecule has 0 saturated heterocycles. The molecule has 0 spiro atoms. The molecule has 0 heterocycles. The van der Waals surface area contributed by atoms with Gasteiger partial charge in [-0.15, -0.1) is 0 Å². The van der Waals surface area contributed by atoms with E-state index in [-0.39, 0.29) is 5.04 Å². The Hall–Kier alpha value is -0.143. The van der Waals surface area contributed by atoms with E-state index in [2.05, 4.69) is 40.8 Å². The Morgan fingerprint density at radius 1 is 0.312 bits per heavy atom. The molecule has 0 aromatic carbocycles. The molecule has 0 atom stereocenters. The van der Waals surface area contributed by atoms with Crippen molar-refractivity contribution in [3.63, 3.8) is 0 Å². The zero-order valence-electron chi connectivity index (χ0n) is 32.6. The third-order valence-corrected chi connectivity index (χ3v) is 13.3. The van der Waals surface area contributed by atoms with Gasteiger partial charge in [0.2, 0.25) is 0 Å². The van der Waals surface area contributed by atoms with Gasteiger partial charge in [0.1, 0.15) is 0 Å². The molecule has 0 unspecified atom stereocenters. The second-order valence-corrected chi connectivity index (χ2v) is 18.9. The van der Waals surface area contributed by atoms with Crippen molar-refractivity contribution in [2.75, 3.05) is 112 Å². The van der Waals surface area contributed by atoms with Gasteiger partial charge in [-0.25, -0.2) is 0 Å². The van der Waals surface area contributed by atoms with Crippen molar-refractivity contribution < 1.29 is 42.3 Å². The largest absolute Gasteiger partial charge is 0.414 e. The van der Waals surface area contributed by atoms with Gasteiger partial charge in [-0.2, -0.15) is 0 Å². The van der Waals surface area contributed by atoms with Gasteiger partial charge >= 0.3 is 0 Å². The van der Waals surface area contributed by atoms with E-state index in [1.54, 1.807) is 0 Å². The fourth-order valence-corrected chi connectivity index (χ4v) is 5.64. The predicted molar refractivity (Wildman–Crippen MR) is 200 cm³/mol. The smallest absolute Gasteiger partial charge is 0.192 e. The fourth-order valence-electron chi connectivity index (χ4n) is 4.61. The third-order valence-electron chi connectivity index (χ3n) is 8.74. The van der Waals surface area contributed by atoms with Gasteiger partial charge in [0.15, 0.2) is 8.32 Å². The van der Waals surface area contributed by atoms with Crippen LogP contribution in [0.15, 0.2) is 0 Å². The minimum atomic E-state index is -1.69. The van der Waals surface area contributed by atoms with Crippen LogP contribution in [0, 0.1) is 0 Å². The second-order valence-electron chi connectivity index (χ2n) is 14.1. The molecule has 0 amide bonds. The Morgan fingerprint density at radius 3 is 0.812 bits per heavy atom. The van der Waals surface area contributed by atoms with Gasteiger partial charge < -0.3 is 42.3 Å². The Kier molecular flexibility index (Phi) is 36.5. The SMILES string of the molecule is CCCCCCCCCCCCCCCCOCCOCCOCCOCCOCCOCCOCCOCCO[Si](C)(C)C(C)(C)C. The topological polar surface area (TPSA) is 83.1 Å². The van der Waals surface area contributed by atoms with E-state index in [0.29, 0.717) is 106 Å². The summed E-state index contributed by atoms with van der Waals surface area (Å²) in [5.74, 6) is 0. The molecule has 0 aliphatic carbocycles. The number of hydrogen-bond acceptors (Lipinski definition) is 9. The molecular formula is C38H80O9Si. The molecule has 0 aliphatic heterocycles. The average Bonchev–Trinajstić information content (AvgIpc) is 3.05. The lowest BCUT2D eigenvalue weighted by atomic mass is 10.0. The van der Waals surface area contributed by atoms with Gasteiger partial charge in [0.25, 0.3) is 0 Å². The van der Waals surface area contributed by atoms with Crippen LogP contribution < -0.4 is 0 Å². The highest BCUT2D eigenvalue weighted by molar-refractivity contribution is 6.74. The van der Waals surface area contributed by atoms with E-state index in [1.807, 2.05) is 0 Å². The molecule has 0 fully saturated rings. The zero-order valence-corrected chi connectivity index (χ0v) is 33.6. The number of hydrogen-bond donors (Lipinski definition) is 0. The van der Waals surface area contributed by atoms with E-state index in [4.69, 9.17) is 42.3 Å². The molecule has 9 nitrogen and oxygen atoms in total. The second kappa shape index (κ2) is 36.6. The number of unbranched alkanes of at least 4 members (excludes halogenated alkanes) is 13. The van der Waals surface area contributed by atoms with Crippen LogP contribution in [0.25, 0.3) is 0 Å². The minimum Gasteiger partial charge on any atom is -0.414 e. The molecule has 0 saturated carbocycles. The van der Waals surface area contributed by atoms with Crippen molar-refractivity contribution in [3.05, 3.63) is 0 Å². The molecule has 0 aliphatic rings. The molecule has 290 valence electrons. The quantitative estimate of drug-likeness (QED) is 0.0459. The number of ether oxygens (including phenoxy) is 8. The van der Waals surface area contributed by atoms with Crippen LogP contribution in [-0.4, -0.2) is 121 Å². The van der Waals surface area contributed by atoms with Gasteiger partial charge in [-0.05, 0) is 24.6 Å². The Bertz CT molecular complexity index is 619. The lowest BCUT2D eigenvalue weighted by molar-refractivity contribution is -0.0237. The van der Waals surface area contributed by atoms with Crippen LogP contribution in [0.3, 0.4) is 0 Å². The van der Waals surface area contributed by atoms with Crippen molar-refractivity contribution in [1.29, 1.82) is 0 Å². The van der Waals surface area contributed by atoms with Crippen molar-refractivity contribution in [1.82, 2.24) is 0 Å². The first kappa shape index (κ1) is 47.9. The van der Waals surface area contributed by atoms with Gasteiger partial charge in [-0.1, -0.05) is 111 Å². The highest BCUT2D eigenvalue weighted by Gasteiger charge is 2.36. The molecule has 0 aromatic rings. The molecule has 0 N–H and O–H groups in total. The van der Waals surface area contributed by atoms with Crippen LogP contribution in [0.5, 0.6) is 0 Å². The van der Waals surface area contributed by atoms with E-state index in [9.17, 15) is 0 Å². The Balaban J connectivity index is 3.11. The van der Waals surface area contributed by atoms with Gasteiger partial charge in [0.05, 0.1) is 106 Å². The standard InChI is InChI=1S/C38H80O9Si/c1-7-8-9-10-11-12-13-14-15-16-17-18-19-20-21-39-22-23-40-24-25-41-26-27-42-28-29-43-30-31-44-32-33-45-34-35-46-36-37-47-48(5,6)38(2,3)4/h7-37H2,1-6H3. The highest BCUT2D eigenvalue weighted by atomic mass is 28.4. The summed E-state index contributed by atoms with van der Waals surface area (Å²) in [6, 6.07) is 0. The van der Waals surface area contributed by atoms with Crippen molar-refractivity contribution in [2.24, 2.45) is 0 Å². The summed E-state index contributed by atoms with van der Waals surface area (Å²) in [5.41, 5.74) is 0. The summed E-state index contributed by atoms with van der Waals surface area (Å²) in [6.07, 6.45) is 19.3. The van der Waals surface area contributed by atoms with Gasteiger partial charge in [0, 0.05) is 6.61 Å². The first-order valence-electron chi connectivity index (χ1n) is 19.6. The van der Waals surface area contributed by atoms with Crippen molar-refractivity contribution in [2.45, 2.75) is 136 Å². The van der Waals surface area contributed by atoms with E-state index in [1.165, 1.54) is 83.5 Å². The molecule has 10 heteroatoms. The monoisotopic (exact) mass is 709 g/mol. The maximum atomic E-state index is 6.09. The lowest BCUT2D eigenvalue weighted by Crippen LogP contribution is -2.41. The average molecular weight is 709 g/mol. The maximum Gasteiger partial charge on any atom is 0.192 e. The van der Waals surface area contributed by atoms with Crippen molar-refractivity contribution in [3.8, 4) is 0 Å². The lowest BCUT2D eigenvalue weighted by Gasteiger charge is -2.36. The first-order chi connectivity index (χ1) is 23.3. The zero-order chi connectivity index (χ0) is 35.3. The Labute approximate surface area is 298 Å². The van der Waals surface area contributed by atoms with Gasteiger partial charge in [-0.3, -0.25) is 0 Å². The summed E-state index contributed by atoms with van der Waals surface area (Å²) in [5, 5.41) is 0.224. The predicted octanol–water partition coefficient (Wildman–Crippen LogP) is 8.62. The summed E-state index contributed by atoms with van der Waals surface area (Å²) in [4.78, 5) is 0. The molecule has 0 radical (unpaired) electrons. The van der Waals surface area contributed by atoms with Crippen LogP contribution in [0.4, 0.5) is 0 Å². The molecule has 48 heavy (non-hydrogen) atoms. The summed E-state index contributed by atoms with van der Waals surface area (Å²) < 4.78 is 50.6. The minimum absolute atomic E-state index is 0.224. The van der Waals surface area contributed by atoms with Crippen LogP contribution in [-0.2, 0) is 42.3 Å². The van der Waals surface area contributed by atoms with E-state index < -0.39 is 8.32 Å². The highest BCUT2D eigenvalue weighted by Crippen LogP contribution is 2.36. The number of rotatable bonds is 40. The molecule has 0 aromatic heterocycles.